The standard InChI is InChI=1S/C13H12N4O2S/c14-11-4-3-6-15-13(11)20(18,19)9-10-8-17-7-2-1-5-12(17)16-10/h1-8H,9,14H2. The molecule has 2 N–H and O–H groups in total. The third-order valence-corrected chi connectivity index (χ3v) is 4.45. The van der Waals surface area contributed by atoms with Crippen LogP contribution in [0.4, 0.5) is 5.69 Å². The van der Waals surface area contributed by atoms with Crippen molar-refractivity contribution in [3.63, 3.8) is 0 Å². The molecule has 0 aromatic carbocycles. The Morgan fingerprint density at radius 2 is 2.05 bits per heavy atom. The molecule has 102 valence electrons. The summed E-state index contributed by atoms with van der Waals surface area (Å²) in [5, 5.41) is -0.0999. The first-order valence-corrected chi connectivity index (χ1v) is 7.57. The van der Waals surface area contributed by atoms with Gasteiger partial charge in [0.15, 0.2) is 5.03 Å². The molecular weight excluding hydrogens is 276 g/mol. The Balaban J connectivity index is 1.99. The number of nitrogen functional groups attached to an aromatic ring is 1. The van der Waals surface area contributed by atoms with Crippen LogP contribution in [0.3, 0.4) is 0 Å². The van der Waals surface area contributed by atoms with Crippen molar-refractivity contribution in [3.05, 3.63) is 54.6 Å². The van der Waals surface area contributed by atoms with E-state index in [1.807, 2.05) is 24.4 Å². The average molecular weight is 288 g/mol. The molecule has 0 unspecified atom stereocenters. The molecule has 3 aromatic rings. The number of rotatable bonds is 3. The molecule has 3 rings (SSSR count). The number of hydrogen-bond acceptors (Lipinski definition) is 5. The highest BCUT2D eigenvalue weighted by molar-refractivity contribution is 7.90. The minimum atomic E-state index is -3.60. The molecule has 0 aliphatic carbocycles. The molecule has 0 aliphatic heterocycles. The Labute approximate surface area is 115 Å². The molecule has 0 radical (unpaired) electrons. The smallest absolute Gasteiger partial charge is 0.203 e. The summed E-state index contributed by atoms with van der Waals surface area (Å²) in [6, 6.07) is 8.62. The van der Waals surface area contributed by atoms with Crippen LogP contribution in [-0.2, 0) is 15.6 Å². The first-order chi connectivity index (χ1) is 9.56. The van der Waals surface area contributed by atoms with Gasteiger partial charge in [-0.1, -0.05) is 6.07 Å². The van der Waals surface area contributed by atoms with Crippen molar-refractivity contribution in [1.82, 2.24) is 14.4 Å². The molecular formula is C13H12N4O2S. The Bertz CT molecular complexity index is 838. The van der Waals surface area contributed by atoms with Crippen LogP contribution in [0.25, 0.3) is 5.65 Å². The van der Waals surface area contributed by atoms with Crippen molar-refractivity contribution < 1.29 is 8.42 Å². The average Bonchev–Trinajstić information content (AvgIpc) is 2.80. The maximum atomic E-state index is 12.3. The zero-order chi connectivity index (χ0) is 14.2. The van der Waals surface area contributed by atoms with Gasteiger partial charge >= 0.3 is 0 Å². The van der Waals surface area contributed by atoms with Gasteiger partial charge in [0.2, 0.25) is 9.84 Å². The van der Waals surface area contributed by atoms with E-state index in [-0.39, 0.29) is 16.5 Å². The number of anilines is 1. The summed E-state index contributed by atoms with van der Waals surface area (Å²) in [6.07, 6.45) is 4.91. The van der Waals surface area contributed by atoms with E-state index in [1.165, 1.54) is 12.3 Å². The van der Waals surface area contributed by atoms with Crippen LogP contribution >= 0.6 is 0 Å². The molecule has 20 heavy (non-hydrogen) atoms. The topological polar surface area (TPSA) is 90.3 Å². The summed E-state index contributed by atoms with van der Waals surface area (Å²) in [4.78, 5) is 8.12. The first-order valence-electron chi connectivity index (χ1n) is 5.92. The van der Waals surface area contributed by atoms with Gasteiger partial charge in [-0.05, 0) is 24.3 Å². The van der Waals surface area contributed by atoms with Crippen molar-refractivity contribution in [2.45, 2.75) is 10.8 Å². The van der Waals surface area contributed by atoms with Crippen LogP contribution in [0.5, 0.6) is 0 Å². The molecule has 0 aliphatic rings. The normalized spacial score (nSPS) is 11.8. The van der Waals surface area contributed by atoms with E-state index < -0.39 is 9.84 Å². The molecule has 3 aromatic heterocycles. The Morgan fingerprint density at radius 3 is 2.80 bits per heavy atom. The van der Waals surface area contributed by atoms with E-state index in [1.54, 1.807) is 16.7 Å². The minimum absolute atomic E-state index is 0.0999. The first kappa shape index (κ1) is 12.6. The second-order valence-corrected chi connectivity index (χ2v) is 6.26. The Hall–Kier alpha value is -2.41. The summed E-state index contributed by atoms with van der Waals surface area (Å²) in [7, 11) is -3.60. The number of aromatic nitrogens is 3. The second-order valence-electron chi connectivity index (χ2n) is 4.36. The van der Waals surface area contributed by atoms with E-state index in [2.05, 4.69) is 9.97 Å². The number of sulfone groups is 1. The fourth-order valence-electron chi connectivity index (χ4n) is 1.98. The van der Waals surface area contributed by atoms with Crippen molar-refractivity contribution >= 4 is 21.2 Å². The quantitative estimate of drug-likeness (QED) is 0.784. The van der Waals surface area contributed by atoms with Crippen molar-refractivity contribution in [2.24, 2.45) is 0 Å². The highest BCUT2D eigenvalue weighted by Crippen LogP contribution is 2.19. The van der Waals surface area contributed by atoms with E-state index in [0.29, 0.717) is 11.3 Å². The predicted octanol–water partition coefficient (Wildman–Crippen LogP) is 1.29. The number of nitrogens with two attached hydrogens (primary N) is 1. The SMILES string of the molecule is Nc1cccnc1S(=O)(=O)Cc1cn2ccccc2n1. The summed E-state index contributed by atoms with van der Waals surface area (Å²) < 4.78 is 26.4. The summed E-state index contributed by atoms with van der Waals surface area (Å²) >= 11 is 0. The lowest BCUT2D eigenvalue weighted by Crippen LogP contribution is -2.10. The monoisotopic (exact) mass is 288 g/mol. The highest BCUT2D eigenvalue weighted by Gasteiger charge is 2.21. The molecule has 0 bridgehead atoms. The fraction of sp³-hybridized carbons (Fsp3) is 0.0769. The Morgan fingerprint density at radius 1 is 1.20 bits per heavy atom. The molecule has 6 nitrogen and oxygen atoms in total. The van der Waals surface area contributed by atoms with Crippen LogP contribution < -0.4 is 5.73 Å². The van der Waals surface area contributed by atoms with Crippen LogP contribution in [0.15, 0.2) is 53.9 Å². The maximum absolute atomic E-state index is 12.3. The number of nitrogens with zero attached hydrogens (tertiary/aromatic N) is 3. The minimum Gasteiger partial charge on any atom is -0.396 e. The van der Waals surface area contributed by atoms with Crippen molar-refractivity contribution in [1.29, 1.82) is 0 Å². The van der Waals surface area contributed by atoms with Crippen molar-refractivity contribution in [3.8, 4) is 0 Å². The summed E-state index contributed by atoms with van der Waals surface area (Å²) in [5.41, 5.74) is 6.98. The van der Waals surface area contributed by atoms with Gasteiger partial charge in [-0.3, -0.25) is 0 Å². The number of fused-ring (bicyclic) bond motifs is 1. The fourth-order valence-corrected chi connectivity index (χ4v) is 3.30. The number of pyridine rings is 2. The lowest BCUT2D eigenvalue weighted by Gasteiger charge is -2.04. The molecule has 0 amide bonds. The molecule has 0 spiro atoms. The third kappa shape index (κ3) is 2.23. The van der Waals surface area contributed by atoms with Crippen LogP contribution in [0.2, 0.25) is 0 Å². The predicted molar refractivity (Wildman–Crippen MR) is 74.7 cm³/mol. The second kappa shape index (κ2) is 4.61. The summed E-state index contributed by atoms with van der Waals surface area (Å²) in [5.74, 6) is -0.226. The largest absolute Gasteiger partial charge is 0.396 e. The molecule has 7 heteroatoms. The van der Waals surface area contributed by atoms with E-state index in [0.717, 1.165) is 0 Å². The Kier molecular flexibility index (Phi) is 2.90. The van der Waals surface area contributed by atoms with Crippen LogP contribution in [0, 0.1) is 0 Å². The number of imidazole rings is 1. The lowest BCUT2D eigenvalue weighted by atomic mass is 10.4. The van der Waals surface area contributed by atoms with Crippen LogP contribution in [-0.4, -0.2) is 22.8 Å². The van der Waals surface area contributed by atoms with Gasteiger partial charge in [0.1, 0.15) is 11.4 Å². The lowest BCUT2D eigenvalue weighted by molar-refractivity contribution is 0.591. The maximum Gasteiger partial charge on any atom is 0.203 e. The van der Waals surface area contributed by atoms with Gasteiger partial charge in [0.25, 0.3) is 0 Å². The van der Waals surface area contributed by atoms with Gasteiger partial charge in [0.05, 0.1) is 11.4 Å². The zero-order valence-electron chi connectivity index (χ0n) is 10.5. The third-order valence-electron chi connectivity index (χ3n) is 2.85. The molecule has 0 saturated heterocycles. The number of hydrogen-bond donors (Lipinski definition) is 1. The van der Waals surface area contributed by atoms with E-state index >= 15 is 0 Å². The van der Waals surface area contributed by atoms with Gasteiger partial charge < -0.3 is 10.1 Å². The van der Waals surface area contributed by atoms with Gasteiger partial charge in [-0.2, -0.15) is 0 Å². The molecule has 0 fully saturated rings. The van der Waals surface area contributed by atoms with Gasteiger partial charge in [0, 0.05) is 18.6 Å². The summed E-state index contributed by atoms with van der Waals surface area (Å²) in [6.45, 7) is 0. The zero-order valence-corrected chi connectivity index (χ0v) is 11.3. The van der Waals surface area contributed by atoms with Crippen LogP contribution in [0.1, 0.15) is 5.69 Å². The molecule has 0 saturated carbocycles. The molecule has 0 atom stereocenters. The van der Waals surface area contributed by atoms with E-state index in [4.69, 9.17) is 5.73 Å². The molecule has 3 heterocycles. The highest BCUT2D eigenvalue weighted by atomic mass is 32.2. The van der Waals surface area contributed by atoms with Gasteiger partial charge in [-0.15, -0.1) is 0 Å². The van der Waals surface area contributed by atoms with Gasteiger partial charge in [-0.25, -0.2) is 18.4 Å². The van der Waals surface area contributed by atoms with E-state index in [9.17, 15) is 8.42 Å². The van der Waals surface area contributed by atoms with Crippen molar-refractivity contribution in [2.75, 3.05) is 5.73 Å².